The van der Waals surface area contributed by atoms with Gasteiger partial charge in [-0.2, -0.15) is 8.42 Å². The number of hydrogen-bond donors (Lipinski definition) is 3. The summed E-state index contributed by atoms with van der Waals surface area (Å²) in [6, 6.07) is -1.03. The molecule has 0 saturated heterocycles. The molecular weight excluding hydrogens is 607 g/mol. The summed E-state index contributed by atoms with van der Waals surface area (Å²) >= 11 is 0. The van der Waals surface area contributed by atoms with Gasteiger partial charge in [0.2, 0.25) is 5.91 Å². The van der Waals surface area contributed by atoms with Crippen molar-refractivity contribution < 1.29 is 22.9 Å². The van der Waals surface area contributed by atoms with Crippen LogP contribution in [0.1, 0.15) is 168 Å². The fourth-order valence-corrected chi connectivity index (χ4v) is 6.22. The van der Waals surface area contributed by atoms with Crippen molar-refractivity contribution in [2.24, 2.45) is 0 Å². The first-order valence-electron chi connectivity index (χ1n) is 19.0. The Balaban J connectivity index is 4.04. The first kappa shape index (κ1) is 45.0. The van der Waals surface area contributed by atoms with Gasteiger partial charge in [-0.1, -0.05) is 184 Å². The number of nitrogens with one attached hydrogen (secondary N) is 1. The largest absolute Gasteiger partial charge is 0.391 e. The van der Waals surface area contributed by atoms with Gasteiger partial charge in [-0.3, -0.25) is 9.35 Å². The Morgan fingerprint density at radius 2 is 0.936 bits per heavy atom. The van der Waals surface area contributed by atoms with Gasteiger partial charge in [0.1, 0.15) is 0 Å². The van der Waals surface area contributed by atoms with Crippen LogP contribution in [0.4, 0.5) is 0 Å². The quantitative estimate of drug-likeness (QED) is 0.0364. The molecule has 0 aromatic carbocycles. The summed E-state index contributed by atoms with van der Waals surface area (Å²) in [4.78, 5) is 12.4. The van der Waals surface area contributed by atoms with Gasteiger partial charge in [-0.25, -0.2) is 0 Å². The molecular formula is C40H71NO5S. The molecule has 272 valence electrons. The van der Waals surface area contributed by atoms with Gasteiger partial charge in [-0.15, -0.1) is 0 Å². The first-order chi connectivity index (χ1) is 22.8. The number of carbonyl (C=O) groups is 1. The Hall–Kier alpha value is -1.96. The van der Waals surface area contributed by atoms with E-state index in [1.165, 1.54) is 89.9 Å². The van der Waals surface area contributed by atoms with Gasteiger partial charge in [0.05, 0.1) is 17.9 Å². The number of allylic oxidation sites excluding steroid dienone is 9. The normalized spacial score (nSPS) is 14.0. The van der Waals surface area contributed by atoms with Crippen molar-refractivity contribution in [3.05, 3.63) is 60.8 Å². The molecule has 0 aromatic heterocycles. The molecule has 0 aliphatic heterocycles. The zero-order valence-corrected chi connectivity index (χ0v) is 30.9. The highest BCUT2D eigenvalue weighted by atomic mass is 32.2. The Morgan fingerprint density at radius 1 is 0.574 bits per heavy atom. The van der Waals surface area contributed by atoms with E-state index in [1.54, 1.807) is 6.08 Å². The van der Waals surface area contributed by atoms with Gasteiger partial charge < -0.3 is 10.4 Å². The molecule has 0 aliphatic rings. The van der Waals surface area contributed by atoms with E-state index in [4.69, 9.17) is 0 Å². The van der Waals surface area contributed by atoms with Crippen LogP contribution in [0.5, 0.6) is 0 Å². The summed E-state index contributed by atoms with van der Waals surface area (Å²) in [7, 11) is -4.34. The lowest BCUT2D eigenvalue weighted by Gasteiger charge is -2.23. The van der Waals surface area contributed by atoms with E-state index in [9.17, 15) is 22.9 Å². The Labute approximate surface area is 290 Å². The summed E-state index contributed by atoms with van der Waals surface area (Å²) in [6.45, 7) is 4.39. The second-order valence-electron chi connectivity index (χ2n) is 12.8. The Morgan fingerprint density at radius 3 is 1.32 bits per heavy atom. The van der Waals surface area contributed by atoms with Crippen molar-refractivity contribution in [1.29, 1.82) is 0 Å². The van der Waals surface area contributed by atoms with Gasteiger partial charge in [0.15, 0.2) is 0 Å². The number of unbranched alkanes of at least 4 members (excludes halogenated alkanes) is 16. The fourth-order valence-electron chi connectivity index (χ4n) is 5.46. The monoisotopic (exact) mass is 678 g/mol. The van der Waals surface area contributed by atoms with Crippen molar-refractivity contribution in [3.63, 3.8) is 0 Å². The molecule has 6 nitrogen and oxygen atoms in total. The average molecular weight is 678 g/mol. The van der Waals surface area contributed by atoms with E-state index in [2.05, 4.69) is 61.7 Å². The lowest BCUT2D eigenvalue weighted by Crippen LogP contribution is -2.47. The van der Waals surface area contributed by atoms with Crippen molar-refractivity contribution in [3.8, 4) is 0 Å². The van der Waals surface area contributed by atoms with E-state index in [-0.39, 0.29) is 12.3 Å². The van der Waals surface area contributed by atoms with Gasteiger partial charge in [0.25, 0.3) is 10.1 Å². The molecule has 0 radical (unpaired) electrons. The molecule has 1 amide bonds. The molecule has 0 rings (SSSR count). The molecule has 0 saturated carbocycles. The van der Waals surface area contributed by atoms with Crippen LogP contribution in [0.15, 0.2) is 60.8 Å². The minimum atomic E-state index is -4.34. The van der Waals surface area contributed by atoms with Crippen LogP contribution in [-0.4, -0.2) is 41.9 Å². The van der Waals surface area contributed by atoms with Crippen LogP contribution in [0.3, 0.4) is 0 Å². The third-order valence-corrected chi connectivity index (χ3v) is 9.05. The summed E-state index contributed by atoms with van der Waals surface area (Å²) in [6.07, 6.45) is 46.2. The third kappa shape index (κ3) is 35.2. The van der Waals surface area contributed by atoms with E-state index < -0.39 is 28.0 Å². The van der Waals surface area contributed by atoms with Crippen LogP contribution >= 0.6 is 0 Å². The van der Waals surface area contributed by atoms with Crippen molar-refractivity contribution in [2.75, 3.05) is 5.75 Å². The van der Waals surface area contributed by atoms with Crippen LogP contribution in [0, 0.1) is 0 Å². The maximum atomic E-state index is 12.4. The summed E-state index contributed by atoms with van der Waals surface area (Å²) in [5, 5.41) is 13.2. The molecule has 0 heterocycles. The van der Waals surface area contributed by atoms with E-state index >= 15 is 0 Å². The Bertz CT molecular complexity index is 967. The van der Waals surface area contributed by atoms with E-state index in [0.29, 0.717) is 12.8 Å². The predicted octanol–water partition coefficient (Wildman–Crippen LogP) is 10.9. The highest BCUT2D eigenvalue weighted by Gasteiger charge is 2.25. The summed E-state index contributed by atoms with van der Waals surface area (Å²) in [5.41, 5.74) is 0. The molecule has 0 fully saturated rings. The number of amides is 1. The number of hydrogen-bond acceptors (Lipinski definition) is 4. The van der Waals surface area contributed by atoms with Gasteiger partial charge >= 0.3 is 0 Å². The average Bonchev–Trinajstić information content (AvgIpc) is 3.03. The van der Waals surface area contributed by atoms with Crippen molar-refractivity contribution >= 4 is 16.0 Å². The van der Waals surface area contributed by atoms with E-state index in [1.807, 2.05) is 12.2 Å². The number of carbonyl (C=O) groups excluding carboxylic acids is 1. The van der Waals surface area contributed by atoms with Gasteiger partial charge in [0, 0.05) is 6.42 Å². The molecule has 0 bridgehead atoms. The molecule has 2 unspecified atom stereocenters. The van der Waals surface area contributed by atoms with Crippen molar-refractivity contribution in [2.45, 2.75) is 180 Å². The highest BCUT2D eigenvalue weighted by Crippen LogP contribution is 2.15. The lowest BCUT2D eigenvalue weighted by atomic mass is 10.0. The van der Waals surface area contributed by atoms with Crippen LogP contribution in [0.25, 0.3) is 0 Å². The number of rotatable bonds is 33. The molecule has 2 atom stereocenters. The fraction of sp³-hybridized carbons (Fsp3) is 0.725. The van der Waals surface area contributed by atoms with E-state index in [0.717, 1.165) is 44.9 Å². The number of aliphatic hydroxyl groups excluding tert-OH is 1. The minimum absolute atomic E-state index is 0.0847. The standard InChI is InChI=1S/C40H71NO5S/c1-3-5-7-9-11-13-15-17-19-20-22-23-25-27-29-31-33-35-39(42)38(37-47(44,45)46)41-40(43)36-34-32-30-28-26-24-21-18-16-14-12-10-8-6-4-2/h6,8,12,14,18,21,26,28,32,34,38-39,42H,3-5,7,9-11,13,15-17,19-20,22-25,27,29-31,33,35-37H2,1-2H3,(H,41,43)(H,44,45,46)/b8-6-,14-12-,21-18-,28-26-,34-32-. The highest BCUT2D eigenvalue weighted by molar-refractivity contribution is 7.85. The first-order valence-corrected chi connectivity index (χ1v) is 20.6. The molecule has 3 N–H and O–H groups in total. The summed E-state index contributed by atoms with van der Waals surface area (Å²) in [5.74, 6) is -1.06. The minimum Gasteiger partial charge on any atom is -0.391 e. The van der Waals surface area contributed by atoms with Crippen LogP contribution in [0.2, 0.25) is 0 Å². The molecule has 0 spiro atoms. The number of aliphatic hydroxyl groups is 1. The smallest absolute Gasteiger partial charge is 0.266 e. The molecule has 7 heteroatoms. The SMILES string of the molecule is CC/C=C\C/C=C\C/C=C\C/C=C\C/C=C\CC(=O)NC(CS(=O)(=O)O)C(O)CCCCCCCCCCCCCCCCCCC. The zero-order valence-electron chi connectivity index (χ0n) is 30.1. The predicted molar refractivity (Wildman–Crippen MR) is 202 cm³/mol. The molecule has 0 aromatic rings. The third-order valence-electron chi connectivity index (χ3n) is 8.27. The second kappa shape index (κ2) is 33.9. The topological polar surface area (TPSA) is 104 Å². The second-order valence-corrected chi connectivity index (χ2v) is 14.3. The lowest BCUT2D eigenvalue weighted by molar-refractivity contribution is -0.121. The molecule has 47 heavy (non-hydrogen) atoms. The van der Waals surface area contributed by atoms with Gasteiger partial charge in [-0.05, 0) is 38.5 Å². The molecule has 0 aliphatic carbocycles. The summed E-state index contributed by atoms with van der Waals surface area (Å²) < 4.78 is 32.4. The maximum Gasteiger partial charge on any atom is 0.266 e. The maximum absolute atomic E-state index is 12.4. The van der Waals surface area contributed by atoms with Crippen molar-refractivity contribution in [1.82, 2.24) is 5.32 Å². The Kier molecular flexibility index (Phi) is 32.5. The van der Waals surface area contributed by atoms with Crippen LogP contribution in [-0.2, 0) is 14.9 Å². The zero-order chi connectivity index (χ0) is 34.7. The van der Waals surface area contributed by atoms with Crippen LogP contribution < -0.4 is 5.32 Å².